The van der Waals surface area contributed by atoms with E-state index in [1.165, 1.54) is 19.2 Å². The van der Waals surface area contributed by atoms with Crippen molar-refractivity contribution in [2.45, 2.75) is 11.3 Å². The monoisotopic (exact) mass is 426 g/mol. The molecular weight excluding hydrogens is 396 g/mol. The maximum absolute atomic E-state index is 12.9. The molecule has 9 nitrogen and oxygen atoms in total. The first-order valence-electron chi connectivity index (χ1n) is 9.55. The number of rotatable bonds is 8. The van der Waals surface area contributed by atoms with Crippen LogP contribution in [0.1, 0.15) is 16.8 Å². The minimum Gasteiger partial charge on any atom is -0.383 e. The smallest absolute Gasteiger partial charge is 0.253 e. The maximum Gasteiger partial charge on any atom is 0.253 e. The van der Waals surface area contributed by atoms with Crippen LogP contribution in [0.4, 0.5) is 0 Å². The van der Waals surface area contributed by atoms with Gasteiger partial charge in [0.15, 0.2) is 0 Å². The number of sulfonamides is 1. The van der Waals surface area contributed by atoms with Gasteiger partial charge in [-0.05, 0) is 24.6 Å². The van der Waals surface area contributed by atoms with Gasteiger partial charge >= 0.3 is 0 Å². The van der Waals surface area contributed by atoms with Crippen LogP contribution in [0.5, 0.6) is 0 Å². The van der Waals surface area contributed by atoms with Crippen molar-refractivity contribution in [2.75, 3.05) is 67.1 Å². The summed E-state index contributed by atoms with van der Waals surface area (Å²) in [6.45, 7) is 3.14. The second-order valence-corrected chi connectivity index (χ2v) is 8.90. The highest BCUT2D eigenvalue weighted by molar-refractivity contribution is 7.89. The first-order chi connectivity index (χ1) is 13.7. The highest BCUT2D eigenvalue weighted by atomic mass is 32.2. The zero-order chi connectivity index (χ0) is 21.4. The van der Waals surface area contributed by atoms with Gasteiger partial charge in [-0.15, -0.1) is 0 Å². The van der Waals surface area contributed by atoms with Gasteiger partial charge in [-0.1, -0.05) is 6.07 Å². The van der Waals surface area contributed by atoms with E-state index in [1.807, 2.05) is 4.90 Å². The molecule has 162 valence electrons. The number of benzene rings is 1. The van der Waals surface area contributed by atoms with Gasteiger partial charge in [0.2, 0.25) is 15.9 Å². The number of carbonyl (C=O) groups is 2. The Morgan fingerprint density at radius 1 is 1.17 bits per heavy atom. The zero-order valence-electron chi connectivity index (χ0n) is 17.3. The number of amides is 2. The van der Waals surface area contributed by atoms with Crippen LogP contribution in [-0.4, -0.2) is 102 Å². The van der Waals surface area contributed by atoms with Crippen molar-refractivity contribution in [3.05, 3.63) is 29.8 Å². The third-order valence-electron chi connectivity index (χ3n) is 4.72. The van der Waals surface area contributed by atoms with E-state index >= 15 is 0 Å². The lowest BCUT2D eigenvalue weighted by atomic mass is 10.2. The predicted octanol–water partition coefficient (Wildman–Crippen LogP) is -0.153. The van der Waals surface area contributed by atoms with Crippen molar-refractivity contribution >= 4 is 21.8 Å². The van der Waals surface area contributed by atoms with Crippen LogP contribution in [0.3, 0.4) is 0 Å². The predicted molar refractivity (Wildman–Crippen MR) is 109 cm³/mol. The van der Waals surface area contributed by atoms with Crippen molar-refractivity contribution < 1.29 is 22.7 Å². The summed E-state index contributed by atoms with van der Waals surface area (Å²) in [5.74, 6) is -0.177. The van der Waals surface area contributed by atoms with Gasteiger partial charge in [0.25, 0.3) is 5.91 Å². The van der Waals surface area contributed by atoms with E-state index in [9.17, 15) is 18.0 Å². The molecule has 1 aromatic rings. The fourth-order valence-corrected chi connectivity index (χ4v) is 4.06. The Balaban J connectivity index is 2.04. The molecule has 0 atom stereocenters. The standard InChI is InChI=1S/C19H30N4O5S/c1-21(2)18(24)15-22-9-5-10-23(12-11-22)19(25)16-6-4-7-17(14-16)29(26,27)20-8-13-28-3/h4,6-7,14,20H,5,8-13,15H2,1-3H3. The molecule has 1 aliphatic heterocycles. The van der Waals surface area contributed by atoms with Gasteiger partial charge in [0.1, 0.15) is 0 Å². The van der Waals surface area contributed by atoms with Gasteiger partial charge in [-0.3, -0.25) is 14.5 Å². The van der Waals surface area contributed by atoms with E-state index in [2.05, 4.69) is 4.72 Å². The fraction of sp³-hybridized carbons (Fsp3) is 0.579. The Hall–Kier alpha value is -2.01. The maximum atomic E-state index is 12.9. The van der Waals surface area contributed by atoms with E-state index in [0.29, 0.717) is 31.7 Å². The first kappa shape index (κ1) is 23.3. The summed E-state index contributed by atoms with van der Waals surface area (Å²) in [4.78, 5) is 30.2. The molecule has 0 unspecified atom stereocenters. The number of ether oxygens (including phenoxy) is 1. The lowest BCUT2D eigenvalue weighted by molar-refractivity contribution is -0.129. The third kappa shape index (κ3) is 6.77. The molecule has 1 saturated heterocycles. The summed E-state index contributed by atoms with van der Waals surface area (Å²) in [5.41, 5.74) is 0.331. The van der Waals surface area contributed by atoms with Gasteiger partial charge < -0.3 is 14.5 Å². The summed E-state index contributed by atoms with van der Waals surface area (Å²) < 4.78 is 32.1. The first-order valence-corrected chi connectivity index (χ1v) is 11.0. The molecule has 0 spiro atoms. The highest BCUT2D eigenvalue weighted by Gasteiger charge is 2.23. The topological polar surface area (TPSA) is 99.3 Å². The Morgan fingerprint density at radius 2 is 1.93 bits per heavy atom. The molecule has 1 fully saturated rings. The quantitative estimate of drug-likeness (QED) is 0.581. The van der Waals surface area contributed by atoms with Crippen molar-refractivity contribution in [1.82, 2.24) is 19.4 Å². The minimum absolute atomic E-state index is 0.0312. The molecular formula is C19H30N4O5S. The zero-order valence-corrected chi connectivity index (χ0v) is 18.1. The molecule has 2 amide bonds. The third-order valence-corrected chi connectivity index (χ3v) is 6.18. The van der Waals surface area contributed by atoms with E-state index in [0.717, 1.165) is 13.0 Å². The summed E-state index contributed by atoms with van der Waals surface area (Å²) in [7, 11) is 1.23. The van der Waals surface area contributed by atoms with Crippen molar-refractivity contribution in [1.29, 1.82) is 0 Å². The molecule has 2 rings (SSSR count). The highest BCUT2D eigenvalue weighted by Crippen LogP contribution is 2.15. The number of nitrogens with one attached hydrogen (secondary N) is 1. The molecule has 1 N–H and O–H groups in total. The van der Waals surface area contributed by atoms with Gasteiger partial charge in [-0.2, -0.15) is 0 Å². The van der Waals surface area contributed by atoms with Crippen LogP contribution in [0.2, 0.25) is 0 Å². The molecule has 29 heavy (non-hydrogen) atoms. The average molecular weight is 427 g/mol. The molecule has 0 bridgehead atoms. The Bertz CT molecular complexity index is 813. The van der Waals surface area contributed by atoms with E-state index in [1.54, 1.807) is 36.0 Å². The summed E-state index contributed by atoms with van der Waals surface area (Å²) in [6, 6.07) is 6.05. The number of hydrogen-bond acceptors (Lipinski definition) is 6. The Kier molecular flexibility index (Phi) is 8.57. The van der Waals surface area contributed by atoms with Crippen LogP contribution in [-0.2, 0) is 19.6 Å². The molecule has 0 aliphatic carbocycles. The summed E-state index contributed by atoms with van der Waals surface area (Å²) >= 11 is 0. The van der Waals surface area contributed by atoms with Crippen LogP contribution in [0.25, 0.3) is 0 Å². The lowest BCUT2D eigenvalue weighted by Gasteiger charge is -2.23. The Morgan fingerprint density at radius 3 is 2.62 bits per heavy atom. The lowest BCUT2D eigenvalue weighted by Crippen LogP contribution is -2.39. The van der Waals surface area contributed by atoms with Crippen molar-refractivity contribution in [3.8, 4) is 0 Å². The number of methoxy groups -OCH3 is 1. The SMILES string of the molecule is COCCNS(=O)(=O)c1cccc(C(=O)N2CCCN(CC(=O)N(C)C)CC2)c1. The number of carbonyl (C=O) groups excluding carboxylic acids is 2. The largest absolute Gasteiger partial charge is 0.383 e. The van der Waals surface area contributed by atoms with E-state index < -0.39 is 10.0 Å². The second kappa shape index (κ2) is 10.7. The number of hydrogen-bond donors (Lipinski definition) is 1. The molecule has 0 radical (unpaired) electrons. The van der Waals surface area contributed by atoms with Crippen LogP contribution in [0.15, 0.2) is 29.2 Å². The summed E-state index contributed by atoms with van der Waals surface area (Å²) in [5, 5.41) is 0. The Labute approximate surface area is 172 Å². The molecule has 1 heterocycles. The van der Waals surface area contributed by atoms with Crippen molar-refractivity contribution in [3.63, 3.8) is 0 Å². The molecule has 0 saturated carbocycles. The fourth-order valence-electron chi connectivity index (χ4n) is 3.01. The molecule has 10 heteroatoms. The van der Waals surface area contributed by atoms with E-state index in [4.69, 9.17) is 4.74 Å². The second-order valence-electron chi connectivity index (χ2n) is 7.13. The van der Waals surface area contributed by atoms with E-state index in [-0.39, 0.29) is 29.9 Å². The minimum atomic E-state index is -3.71. The molecule has 0 aromatic heterocycles. The molecule has 1 aromatic carbocycles. The number of nitrogens with zero attached hydrogens (tertiary/aromatic N) is 3. The van der Waals surface area contributed by atoms with Gasteiger partial charge in [0.05, 0.1) is 18.0 Å². The summed E-state index contributed by atoms with van der Waals surface area (Å²) in [6.07, 6.45) is 0.753. The number of likely N-dealkylation sites (N-methyl/N-ethyl adjacent to an activating group) is 1. The van der Waals surface area contributed by atoms with Crippen molar-refractivity contribution in [2.24, 2.45) is 0 Å². The van der Waals surface area contributed by atoms with Gasteiger partial charge in [-0.25, -0.2) is 13.1 Å². The average Bonchev–Trinajstić information content (AvgIpc) is 2.93. The molecule has 1 aliphatic rings. The van der Waals surface area contributed by atoms with Crippen LogP contribution >= 0.6 is 0 Å². The van der Waals surface area contributed by atoms with Crippen LogP contribution < -0.4 is 4.72 Å². The normalized spacial score (nSPS) is 15.8. The van der Waals surface area contributed by atoms with Crippen LogP contribution in [0, 0.1) is 0 Å². The van der Waals surface area contributed by atoms with Gasteiger partial charge in [0, 0.05) is 59.5 Å².